The Bertz CT molecular complexity index is 848. The van der Waals surface area contributed by atoms with E-state index in [1.54, 1.807) is 17.0 Å². The lowest BCUT2D eigenvalue weighted by Crippen LogP contribution is -2.43. The number of piperazine rings is 1. The number of nitrogens with zero attached hydrogens (tertiary/aromatic N) is 3. The molecule has 1 heterocycles. The van der Waals surface area contributed by atoms with Crippen LogP contribution in [0.15, 0.2) is 42.5 Å². The van der Waals surface area contributed by atoms with Gasteiger partial charge in [0, 0.05) is 51.9 Å². The molecular weight excluding hydrogens is 393 g/mol. The van der Waals surface area contributed by atoms with Crippen molar-refractivity contribution in [2.45, 2.75) is 26.3 Å². The van der Waals surface area contributed by atoms with E-state index in [0.29, 0.717) is 0 Å². The van der Waals surface area contributed by atoms with Crippen LogP contribution in [0.5, 0.6) is 5.75 Å². The highest BCUT2D eigenvalue weighted by molar-refractivity contribution is 5.77. The summed E-state index contributed by atoms with van der Waals surface area (Å²) in [4.78, 5) is 18.9. The molecule has 0 unspecified atom stereocenters. The number of hydrogen-bond acceptors (Lipinski definition) is 4. The van der Waals surface area contributed by atoms with E-state index in [1.807, 2.05) is 19.2 Å². The fourth-order valence-corrected chi connectivity index (χ4v) is 3.68. The SMILES string of the molecule is CCCCN(C)C(=O)COc1ccc(-c2ccc(F)cc2)cc1CN1CCN(C)CC1. The highest BCUT2D eigenvalue weighted by Gasteiger charge is 2.18. The average Bonchev–Trinajstić information content (AvgIpc) is 2.78. The van der Waals surface area contributed by atoms with E-state index in [4.69, 9.17) is 4.74 Å². The highest BCUT2D eigenvalue weighted by Crippen LogP contribution is 2.28. The standard InChI is InChI=1S/C25H34FN3O2/c1-4-5-12-28(3)25(30)19-31-24-11-8-21(20-6-9-23(26)10-7-20)17-22(24)18-29-15-13-27(2)14-16-29/h6-11,17H,4-5,12-16,18-19H2,1-3H3. The predicted molar refractivity (Wildman–Crippen MR) is 123 cm³/mol. The van der Waals surface area contributed by atoms with Gasteiger partial charge in [0.15, 0.2) is 6.61 Å². The number of unbranched alkanes of at least 4 members (excludes halogenated alkanes) is 1. The van der Waals surface area contributed by atoms with Crippen LogP contribution in [0.1, 0.15) is 25.3 Å². The minimum atomic E-state index is -0.243. The highest BCUT2D eigenvalue weighted by atomic mass is 19.1. The topological polar surface area (TPSA) is 36.0 Å². The van der Waals surface area contributed by atoms with Gasteiger partial charge in [-0.1, -0.05) is 31.5 Å². The molecule has 0 radical (unpaired) electrons. The minimum Gasteiger partial charge on any atom is -0.483 e. The van der Waals surface area contributed by atoms with Crippen LogP contribution in [0.3, 0.4) is 0 Å². The molecule has 0 atom stereocenters. The molecule has 0 N–H and O–H groups in total. The fraction of sp³-hybridized carbons (Fsp3) is 0.480. The molecule has 1 saturated heterocycles. The zero-order valence-corrected chi connectivity index (χ0v) is 18.9. The van der Waals surface area contributed by atoms with E-state index >= 15 is 0 Å². The lowest BCUT2D eigenvalue weighted by atomic mass is 10.0. The van der Waals surface area contributed by atoms with E-state index in [9.17, 15) is 9.18 Å². The second-order valence-electron chi connectivity index (χ2n) is 8.37. The molecule has 0 saturated carbocycles. The van der Waals surface area contributed by atoms with Crippen LogP contribution in [0.2, 0.25) is 0 Å². The summed E-state index contributed by atoms with van der Waals surface area (Å²) in [6, 6.07) is 12.5. The maximum absolute atomic E-state index is 13.3. The van der Waals surface area contributed by atoms with Gasteiger partial charge in [0.05, 0.1) is 0 Å². The molecule has 168 valence electrons. The Labute approximate surface area is 185 Å². The quantitative estimate of drug-likeness (QED) is 0.609. The van der Waals surface area contributed by atoms with Crippen molar-refractivity contribution >= 4 is 5.91 Å². The van der Waals surface area contributed by atoms with Crippen LogP contribution in [-0.2, 0) is 11.3 Å². The Morgan fingerprint density at radius 2 is 1.74 bits per heavy atom. The first kappa shape index (κ1) is 23.2. The van der Waals surface area contributed by atoms with Gasteiger partial charge in [0.25, 0.3) is 5.91 Å². The van der Waals surface area contributed by atoms with Crippen LogP contribution in [0.25, 0.3) is 11.1 Å². The van der Waals surface area contributed by atoms with Gasteiger partial charge in [0.2, 0.25) is 0 Å². The summed E-state index contributed by atoms with van der Waals surface area (Å²) >= 11 is 0. The molecule has 1 amide bonds. The molecule has 2 aromatic carbocycles. The molecule has 1 fully saturated rings. The second-order valence-corrected chi connectivity index (χ2v) is 8.37. The van der Waals surface area contributed by atoms with Crippen molar-refractivity contribution in [3.05, 3.63) is 53.8 Å². The number of hydrogen-bond donors (Lipinski definition) is 0. The summed E-state index contributed by atoms with van der Waals surface area (Å²) in [5.74, 6) is 0.482. The number of likely N-dealkylation sites (N-methyl/N-ethyl adjacent to an activating group) is 2. The first-order valence-corrected chi connectivity index (χ1v) is 11.1. The van der Waals surface area contributed by atoms with Crippen molar-refractivity contribution in [2.75, 3.05) is 53.4 Å². The predicted octanol–water partition coefficient (Wildman–Crippen LogP) is 3.88. The Balaban J connectivity index is 1.76. The zero-order chi connectivity index (χ0) is 22.2. The molecular formula is C25H34FN3O2. The second kappa shape index (κ2) is 11.3. The minimum absolute atomic E-state index is 0.0124. The summed E-state index contributed by atoms with van der Waals surface area (Å²) in [5, 5.41) is 0. The summed E-state index contributed by atoms with van der Waals surface area (Å²) in [6.07, 6.45) is 2.04. The summed E-state index contributed by atoms with van der Waals surface area (Å²) < 4.78 is 19.3. The summed E-state index contributed by atoms with van der Waals surface area (Å²) in [5.41, 5.74) is 3.03. The average molecular weight is 428 g/mol. The van der Waals surface area contributed by atoms with Crippen molar-refractivity contribution in [3.63, 3.8) is 0 Å². The molecule has 6 heteroatoms. The van der Waals surface area contributed by atoms with E-state index < -0.39 is 0 Å². The fourth-order valence-electron chi connectivity index (χ4n) is 3.68. The van der Waals surface area contributed by atoms with Crippen molar-refractivity contribution in [3.8, 4) is 16.9 Å². The summed E-state index contributed by atoms with van der Waals surface area (Å²) in [6.45, 7) is 7.72. The Morgan fingerprint density at radius 3 is 2.42 bits per heavy atom. The van der Waals surface area contributed by atoms with E-state index in [0.717, 1.165) is 74.6 Å². The Hall–Kier alpha value is -2.44. The molecule has 0 aliphatic carbocycles. The van der Waals surface area contributed by atoms with Gasteiger partial charge in [-0.3, -0.25) is 9.69 Å². The monoisotopic (exact) mass is 427 g/mol. The van der Waals surface area contributed by atoms with Gasteiger partial charge >= 0.3 is 0 Å². The lowest BCUT2D eigenvalue weighted by Gasteiger charge is -2.32. The van der Waals surface area contributed by atoms with Crippen molar-refractivity contribution < 1.29 is 13.9 Å². The van der Waals surface area contributed by atoms with Gasteiger partial charge in [-0.05, 0) is 48.9 Å². The van der Waals surface area contributed by atoms with Crippen LogP contribution >= 0.6 is 0 Å². The van der Waals surface area contributed by atoms with Crippen molar-refractivity contribution in [1.29, 1.82) is 0 Å². The molecule has 0 spiro atoms. The third-order valence-corrected chi connectivity index (χ3v) is 5.85. The maximum Gasteiger partial charge on any atom is 0.260 e. The number of amides is 1. The van der Waals surface area contributed by atoms with Gasteiger partial charge in [-0.15, -0.1) is 0 Å². The van der Waals surface area contributed by atoms with Gasteiger partial charge < -0.3 is 14.5 Å². The van der Waals surface area contributed by atoms with Crippen LogP contribution in [-0.4, -0.2) is 74.0 Å². The van der Waals surface area contributed by atoms with Gasteiger partial charge in [0.1, 0.15) is 11.6 Å². The molecule has 0 aromatic heterocycles. The Morgan fingerprint density at radius 1 is 1.06 bits per heavy atom. The number of ether oxygens (including phenoxy) is 1. The van der Waals surface area contributed by atoms with E-state index in [-0.39, 0.29) is 18.3 Å². The smallest absolute Gasteiger partial charge is 0.260 e. The van der Waals surface area contributed by atoms with Gasteiger partial charge in [-0.2, -0.15) is 0 Å². The number of halogens is 1. The normalized spacial score (nSPS) is 15.1. The number of benzene rings is 2. The molecule has 3 rings (SSSR count). The number of rotatable bonds is 9. The zero-order valence-electron chi connectivity index (χ0n) is 18.9. The maximum atomic E-state index is 13.3. The molecule has 5 nitrogen and oxygen atoms in total. The lowest BCUT2D eigenvalue weighted by molar-refractivity contribution is -0.132. The van der Waals surface area contributed by atoms with Crippen LogP contribution in [0, 0.1) is 5.82 Å². The molecule has 1 aliphatic heterocycles. The number of carbonyl (C=O) groups excluding carboxylic acids is 1. The van der Waals surface area contributed by atoms with E-state index in [2.05, 4.69) is 29.8 Å². The van der Waals surface area contributed by atoms with E-state index in [1.165, 1.54) is 12.1 Å². The molecule has 1 aliphatic rings. The van der Waals surface area contributed by atoms with Crippen LogP contribution < -0.4 is 4.74 Å². The van der Waals surface area contributed by atoms with Crippen molar-refractivity contribution in [1.82, 2.24) is 14.7 Å². The van der Waals surface area contributed by atoms with Crippen LogP contribution in [0.4, 0.5) is 4.39 Å². The van der Waals surface area contributed by atoms with Crippen molar-refractivity contribution in [2.24, 2.45) is 0 Å². The Kier molecular flexibility index (Phi) is 8.43. The largest absolute Gasteiger partial charge is 0.483 e. The third kappa shape index (κ3) is 6.77. The molecule has 2 aromatic rings. The molecule has 0 bridgehead atoms. The third-order valence-electron chi connectivity index (χ3n) is 5.85. The van der Waals surface area contributed by atoms with Gasteiger partial charge in [-0.25, -0.2) is 4.39 Å². The first-order valence-electron chi connectivity index (χ1n) is 11.1. The first-order chi connectivity index (χ1) is 15.0. The number of carbonyl (C=O) groups is 1. The molecule has 31 heavy (non-hydrogen) atoms. The summed E-state index contributed by atoms with van der Waals surface area (Å²) in [7, 11) is 3.96.